The molecule has 1 aromatic heterocycles. The Morgan fingerprint density at radius 1 is 1.00 bits per heavy atom. The molecule has 0 spiro atoms. The lowest BCUT2D eigenvalue weighted by atomic mass is 10.2. The molecule has 0 bridgehead atoms. The number of nitrogens with one attached hydrogen (secondary N) is 2. The van der Waals surface area contributed by atoms with E-state index in [1.807, 2.05) is 48.5 Å². The average molecular weight is 347 g/mol. The SMILES string of the molecule is CCCNc1ccc(C(=O)Nc2ccccc2Oc2ccccc2)cn1. The summed E-state index contributed by atoms with van der Waals surface area (Å²) in [4.78, 5) is 16.8. The number of ether oxygens (including phenoxy) is 1. The van der Waals surface area contributed by atoms with E-state index in [0.717, 1.165) is 18.8 Å². The molecule has 0 saturated heterocycles. The average Bonchev–Trinajstić information content (AvgIpc) is 2.69. The van der Waals surface area contributed by atoms with Crippen LogP contribution in [0.4, 0.5) is 11.5 Å². The van der Waals surface area contributed by atoms with E-state index in [9.17, 15) is 4.79 Å². The van der Waals surface area contributed by atoms with Crippen molar-refractivity contribution in [1.29, 1.82) is 0 Å². The van der Waals surface area contributed by atoms with E-state index in [-0.39, 0.29) is 5.91 Å². The highest BCUT2D eigenvalue weighted by Crippen LogP contribution is 2.29. The van der Waals surface area contributed by atoms with Gasteiger partial charge < -0.3 is 15.4 Å². The number of hydrogen-bond acceptors (Lipinski definition) is 4. The topological polar surface area (TPSA) is 63.2 Å². The van der Waals surface area contributed by atoms with Gasteiger partial charge in [-0.25, -0.2) is 4.98 Å². The van der Waals surface area contributed by atoms with Gasteiger partial charge in [-0.3, -0.25) is 4.79 Å². The lowest BCUT2D eigenvalue weighted by Crippen LogP contribution is -2.13. The van der Waals surface area contributed by atoms with Crippen molar-refractivity contribution >= 4 is 17.4 Å². The van der Waals surface area contributed by atoms with Crippen LogP contribution in [0.5, 0.6) is 11.5 Å². The fraction of sp³-hybridized carbons (Fsp3) is 0.143. The van der Waals surface area contributed by atoms with Crippen molar-refractivity contribution in [3.63, 3.8) is 0 Å². The smallest absolute Gasteiger partial charge is 0.257 e. The fourth-order valence-corrected chi connectivity index (χ4v) is 2.35. The Bertz CT molecular complexity index is 849. The number of anilines is 2. The molecule has 0 aliphatic heterocycles. The largest absolute Gasteiger partial charge is 0.455 e. The summed E-state index contributed by atoms with van der Waals surface area (Å²) in [5.41, 5.74) is 1.09. The summed E-state index contributed by atoms with van der Waals surface area (Å²) >= 11 is 0. The molecule has 5 nitrogen and oxygen atoms in total. The molecule has 26 heavy (non-hydrogen) atoms. The van der Waals surface area contributed by atoms with Crippen molar-refractivity contribution in [3.8, 4) is 11.5 Å². The molecule has 1 amide bonds. The molecule has 3 aromatic rings. The summed E-state index contributed by atoms with van der Waals surface area (Å²) < 4.78 is 5.87. The fourth-order valence-electron chi connectivity index (χ4n) is 2.35. The first-order valence-electron chi connectivity index (χ1n) is 8.59. The van der Waals surface area contributed by atoms with Crippen LogP contribution in [0, 0.1) is 0 Å². The minimum absolute atomic E-state index is 0.233. The van der Waals surface area contributed by atoms with Gasteiger partial charge in [0, 0.05) is 12.7 Å². The Morgan fingerprint density at radius 3 is 2.50 bits per heavy atom. The maximum Gasteiger partial charge on any atom is 0.257 e. The molecule has 0 aliphatic rings. The van der Waals surface area contributed by atoms with Crippen LogP contribution in [0.3, 0.4) is 0 Å². The van der Waals surface area contributed by atoms with Crippen LogP contribution in [0.1, 0.15) is 23.7 Å². The van der Waals surface area contributed by atoms with Crippen LogP contribution >= 0.6 is 0 Å². The van der Waals surface area contributed by atoms with E-state index in [1.54, 1.807) is 24.4 Å². The molecule has 0 fully saturated rings. The molecule has 0 radical (unpaired) electrons. The van der Waals surface area contributed by atoms with E-state index in [4.69, 9.17) is 4.74 Å². The van der Waals surface area contributed by atoms with E-state index in [2.05, 4.69) is 22.5 Å². The number of carbonyl (C=O) groups is 1. The molecular weight excluding hydrogens is 326 g/mol. The maximum atomic E-state index is 12.5. The number of carbonyl (C=O) groups excluding carboxylic acids is 1. The van der Waals surface area contributed by atoms with Crippen LogP contribution in [0.2, 0.25) is 0 Å². The molecule has 5 heteroatoms. The highest BCUT2D eigenvalue weighted by atomic mass is 16.5. The van der Waals surface area contributed by atoms with E-state index in [1.165, 1.54) is 0 Å². The first kappa shape index (κ1) is 17.5. The van der Waals surface area contributed by atoms with Gasteiger partial charge >= 0.3 is 0 Å². The number of aromatic nitrogens is 1. The summed E-state index contributed by atoms with van der Waals surface area (Å²) in [6, 6.07) is 20.3. The predicted molar refractivity (Wildman–Crippen MR) is 104 cm³/mol. The number of para-hydroxylation sites is 3. The minimum Gasteiger partial charge on any atom is -0.455 e. The van der Waals surface area contributed by atoms with Gasteiger partial charge in [0.2, 0.25) is 0 Å². The van der Waals surface area contributed by atoms with Crippen LogP contribution in [-0.4, -0.2) is 17.4 Å². The standard InChI is InChI=1S/C21H21N3O2/c1-2-14-22-20-13-12-16(15-23-20)21(25)24-18-10-6-7-11-19(18)26-17-8-4-3-5-9-17/h3-13,15H,2,14H2,1H3,(H,22,23)(H,24,25). The molecule has 132 valence electrons. The first-order valence-corrected chi connectivity index (χ1v) is 8.59. The summed E-state index contributed by atoms with van der Waals surface area (Å²) in [5, 5.41) is 6.07. The number of nitrogens with zero attached hydrogens (tertiary/aromatic N) is 1. The maximum absolute atomic E-state index is 12.5. The van der Waals surface area contributed by atoms with Gasteiger partial charge in [-0.05, 0) is 42.8 Å². The second kappa shape index (κ2) is 8.67. The molecule has 0 unspecified atom stereocenters. The van der Waals surface area contributed by atoms with Crippen LogP contribution in [0.25, 0.3) is 0 Å². The highest BCUT2D eigenvalue weighted by Gasteiger charge is 2.11. The Morgan fingerprint density at radius 2 is 1.77 bits per heavy atom. The molecule has 0 atom stereocenters. The summed E-state index contributed by atoms with van der Waals surface area (Å²) in [6.07, 6.45) is 2.58. The summed E-state index contributed by atoms with van der Waals surface area (Å²) in [6.45, 7) is 2.94. The van der Waals surface area contributed by atoms with Crippen molar-refractivity contribution in [2.45, 2.75) is 13.3 Å². The van der Waals surface area contributed by atoms with Crippen LogP contribution < -0.4 is 15.4 Å². The van der Waals surface area contributed by atoms with E-state index in [0.29, 0.717) is 22.7 Å². The Hall–Kier alpha value is -3.34. The zero-order valence-corrected chi connectivity index (χ0v) is 14.6. The zero-order valence-electron chi connectivity index (χ0n) is 14.6. The predicted octanol–water partition coefficient (Wildman–Crippen LogP) is 4.95. The van der Waals surface area contributed by atoms with Crippen molar-refractivity contribution < 1.29 is 9.53 Å². The molecule has 2 aromatic carbocycles. The van der Waals surface area contributed by atoms with Gasteiger partial charge in [0.1, 0.15) is 11.6 Å². The van der Waals surface area contributed by atoms with Crippen LogP contribution in [0.15, 0.2) is 72.9 Å². The van der Waals surface area contributed by atoms with Crippen LogP contribution in [-0.2, 0) is 0 Å². The van der Waals surface area contributed by atoms with Crippen molar-refractivity contribution in [1.82, 2.24) is 4.98 Å². The Kier molecular flexibility index (Phi) is 5.83. The Labute approximate surface area is 153 Å². The van der Waals surface area contributed by atoms with Gasteiger partial charge in [0.25, 0.3) is 5.91 Å². The second-order valence-corrected chi connectivity index (χ2v) is 5.72. The number of rotatable bonds is 7. The Balaban J connectivity index is 1.71. The third kappa shape index (κ3) is 4.60. The third-order valence-electron chi connectivity index (χ3n) is 3.69. The van der Waals surface area contributed by atoms with E-state index < -0.39 is 0 Å². The molecule has 2 N–H and O–H groups in total. The lowest BCUT2D eigenvalue weighted by Gasteiger charge is -2.12. The zero-order chi connectivity index (χ0) is 18.2. The normalized spacial score (nSPS) is 10.2. The van der Waals surface area contributed by atoms with Crippen molar-refractivity contribution in [2.24, 2.45) is 0 Å². The molecule has 0 saturated carbocycles. The van der Waals surface area contributed by atoms with Gasteiger partial charge in [-0.15, -0.1) is 0 Å². The number of pyridine rings is 1. The van der Waals surface area contributed by atoms with Gasteiger partial charge in [-0.2, -0.15) is 0 Å². The van der Waals surface area contributed by atoms with Gasteiger partial charge in [0.05, 0.1) is 11.3 Å². The quantitative estimate of drug-likeness (QED) is 0.635. The summed E-state index contributed by atoms with van der Waals surface area (Å²) in [7, 11) is 0. The second-order valence-electron chi connectivity index (χ2n) is 5.72. The minimum atomic E-state index is -0.233. The summed E-state index contributed by atoms with van der Waals surface area (Å²) in [5.74, 6) is 1.82. The monoisotopic (exact) mass is 347 g/mol. The molecule has 3 rings (SSSR count). The van der Waals surface area contributed by atoms with Gasteiger partial charge in [0.15, 0.2) is 5.75 Å². The first-order chi connectivity index (χ1) is 12.8. The van der Waals surface area contributed by atoms with Gasteiger partial charge in [-0.1, -0.05) is 37.3 Å². The lowest BCUT2D eigenvalue weighted by molar-refractivity contribution is 0.102. The molecule has 1 heterocycles. The van der Waals surface area contributed by atoms with Crippen molar-refractivity contribution in [2.75, 3.05) is 17.2 Å². The number of amides is 1. The number of benzene rings is 2. The number of hydrogen-bond donors (Lipinski definition) is 2. The van der Waals surface area contributed by atoms with E-state index >= 15 is 0 Å². The highest BCUT2D eigenvalue weighted by molar-refractivity contribution is 6.04. The molecular formula is C21H21N3O2. The third-order valence-corrected chi connectivity index (χ3v) is 3.69. The van der Waals surface area contributed by atoms with Crippen molar-refractivity contribution in [3.05, 3.63) is 78.5 Å². The molecule has 0 aliphatic carbocycles.